The highest BCUT2D eigenvalue weighted by atomic mass is 79.9. The Morgan fingerprint density at radius 3 is 2.61 bits per heavy atom. The number of hydrogen-bond acceptors (Lipinski definition) is 3. The van der Waals surface area contributed by atoms with E-state index in [1.54, 1.807) is 0 Å². The number of nitrogens with zero attached hydrogens (tertiary/aromatic N) is 1. The Labute approximate surface area is 114 Å². The molecular weight excluding hydrogens is 294 g/mol. The number of esters is 1. The summed E-state index contributed by atoms with van der Waals surface area (Å²) in [4.78, 5) is 16.3. The van der Waals surface area contributed by atoms with Crippen LogP contribution < -0.4 is 0 Å². The molecule has 0 saturated carbocycles. The first-order valence-electron chi connectivity index (χ1n) is 5.65. The van der Waals surface area contributed by atoms with Crippen molar-refractivity contribution in [2.45, 2.75) is 26.4 Å². The molecule has 1 heterocycles. The quantitative estimate of drug-likeness (QED) is 0.749. The third kappa shape index (κ3) is 2.88. The molecule has 4 heteroatoms. The molecule has 0 unspecified atom stereocenters. The van der Waals surface area contributed by atoms with Crippen molar-refractivity contribution >= 4 is 32.8 Å². The summed E-state index contributed by atoms with van der Waals surface area (Å²) in [5, 5.41) is 0.983. The number of carbonyl (C=O) groups is 1. The highest BCUT2D eigenvalue weighted by molar-refractivity contribution is 9.10. The van der Waals surface area contributed by atoms with Gasteiger partial charge in [0.1, 0.15) is 5.60 Å². The fourth-order valence-electron chi connectivity index (χ4n) is 1.56. The van der Waals surface area contributed by atoms with E-state index < -0.39 is 11.6 Å². The van der Waals surface area contributed by atoms with Crippen molar-refractivity contribution in [3.05, 3.63) is 40.5 Å². The van der Waals surface area contributed by atoms with Gasteiger partial charge in [-0.2, -0.15) is 0 Å². The zero-order valence-corrected chi connectivity index (χ0v) is 12.1. The molecule has 0 aliphatic carbocycles. The predicted octanol–water partition coefficient (Wildman–Crippen LogP) is 3.95. The van der Waals surface area contributed by atoms with E-state index in [2.05, 4.69) is 20.9 Å². The van der Waals surface area contributed by atoms with Gasteiger partial charge in [-0.3, -0.25) is 0 Å². The van der Waals surface area contributed by atoms with Crippen molar-refractivity contribution in [2.75, 3.05) is 0 Å². The molecule has 0 spiro atoms. The average Bonchev–Trinajstić information content (AvgIpc) is 2.25. The molecule has 2 aromatic rings. The maximum atomic E-state index is 12.0. The first-order chi connectivity index (χ1) is 8.37. The number of ether oxygens (including phenoxy) is 1. The molecule has 0 atom stereocenters. The van der Waals surface area contributed by atoms with Crippen LogP contribution in [0.15, 0.2) is 34.8 Å². The second-order valence-electron chi connectivity index (χ2n) is 5.01. The number of halogens is 1. The second-order valence-corrected chi connectivity index (χ2v) is 5.87. The van der Waals surface area contributed by atoms with Crippen LogP contribution in [0.25, 0.3) is 10.9 Å². The monoisotopic (exact) mass is 307 g/mol. The lowest BCUT2D eigenvalue weighted by atomic mass is 10.2. The molecule has 0 bridgehead atoms. The summed E-state index contributed by atoms with van der Waals surface area (Å²) >= 11 is 3.36. The third-order valence-corrected chi connectivity index (χ3v) is 2.87. The standard InChI is InChI=1S/C14H14BrNO2/c1-14(2,3)18-13(17)12-10(15)8-9-6-4-5-7-11(9)16-12/h4-8H,1-3H3. The molecule has 2 rings (SSSR count). The highest BCUT2D eigenvalue weighted by Gasteiger charge is 2.21. The summed E-state index contributed by atoms with van der Waals surface area (Å²) in [6, 6.07) is 9.52. The summed E-state index contributed by atoms with van der Waals surface area (Å²) < 4.78 is 5.97. The van der Waals surface area contributed by atoms with Gasteiger partial charge in [-0.25, -0.2) is 9.78 Å². The lowest BCUT2D eigenvalue weighted by Gasteiger charge is -2.19. The number of rotatable bonds is 1. The summed E-state index contributed by atoms with van der Waals surface area (Å²) in [7, 11) is 0. The van der Waals surface area contributed by atoms with Crippen molar-refractivity contribution < 1.29 is 9.53 Å². The van der Waals surface area contributed by atoms with Gasteiger partial charge < -0.3 is 4.74 Å². The lowest BCUT2D eigenvalue weighted by Crippen LogP contribution is -2.24. The normalized spacial score (nSPS) is 11.6. The molecule has 0 radical (unpaired) electrons. The number of aromatic nitrogens is 1. The number of fused-ring (bicyclic) bond motifs is 1. The topological polar surface area (TPSA) is 39.2 Å². The van der Waals surface area contributed by atoms with Gasteiger partial charge >= 0.3 is 5.97 Å². The average molecular weight is 308 g/mol. The van der Waals surface area contributed by atoms with Crippen molar-refractivity contribution in [3.63, 3.8) is 0 Å². The Bertz CT molecular complexity index is 602. The van der Waals surface area contributed by atoms with Crippen LogP contribution >= 0.6 is 15.9 Å². The number of carbonyl (C=O) groups excluding carboxylic acids is 1. The first kappa shape index (κ1) is 13.0. The van der Waals surface area contributed by atoms with Crippen LogP contribution in [-0.4, -0.2) is 16.6 Å². The summed E-state index contributed by atoms with van der Waals surface area (Å²) in [6.07, 6.45) is 0. The third-order valence-electron chi connectivity index (χ3n) is 2.27. The molecule has 3 nitrogen and oxygen atoms in total. The predicted molar refractivity (Wildman–Crippen MR) is 74.6 cm³/mol. The van der Waals surface area contributed by atoms with Crippen LogP contribution in [0.3, 0.4) is 0 Å². The van der Waals surface area contributed by atoms with Gasteiger partial charge in [0.25, 0.3) is 0 Å². The SMILES string of the molecule is CC(C)(C)OC(=O)c1nc2ccccc2cc1Br. The van der Waals surface area contributed by atoms with Crippen LogP contribution in [0.2, 0.25) is 0 Å². The Hall–Kier alpha value is -1.42. The number of pyridine rings is 1. The van der Waals surface area contributed by atoms with E-state index in [-0.39, 0.29) is 0 Å². The van der Waals surface area contributed by atoms with Crippen LogP contribution in [-0.2, 0) is 4.74 Å². The summed E-state index contributed by atoms with van der Waals surface area (Å²) in [5.74, 6) is -0.417. The van der Waals surface area contributed by atoms with Gasteiger partial charge in [-0.1, -0.05) is 18.2 Å². The molecule has 1 aromatic heterocycles. The van der Waals surface area contributed by atoms with E-state index in [9.17, 15) is 4.79 Å². The zero-order chi connectivity index (χ0) is 13.3. The lowest BCUT2D eigenvalue weighted by molar-refractivity contribution is 0.00622. The second kappa shape index (κ2) is 4.69. The Kier molecular flexibility index (Phi) is 3.39. The number of hydrogen-bond donors (Lipinski definition) is 0. The van der Waals surface area contributed by atoms with E-state index >= 15 is 0 Å². The van der Waals surface area contributed by atoms with Crippen LogP contribution in [0.5, 0.6) is 0 Å². The fourth-order valence-corrected chi connectivity index (χ4v) is 2.06. The molecule has 94 valence electrons. The number of benzene rings is 1. The Balaban J connectivity index is 2.45. The smallest absolute Gasteiger partial charge is 0.358 e. The molecule has 0 saturated heterocycles. The molecule has 0 aliphatic rings. The molecule has 18 heavy (non-hydrogen) atoms. The maximum Gasteiger partial charge on any atom is 0.358 e. The van der Waals surface area contributed by atoms with Crippen molar-refractivity contribution in [1.82, 2.24) is 4.98 Å². The summed E-state index contributed by atoms with van der Waals surface area (Å²) in [6.45, 7) is 5.50. The van der Waals surface area contributed by atoms with Gasteiger partial charge in [0, 0.05) is 5.39 Å². The van der Waals surface area contributed by atoms with Gasteiger partial charge in [0.05, 0.1) is 9.99 Å². The maximum absolute atomic E-state index is 12.0. The largest absolute Gasteiger partial charge is 0.455 e. The van der Waals surface area contributed by atoms with Gasteiger partial charge in [0.2, 0.25) is 0 Å². The van der Waals surface area contributed by atoms with E-state index in [4.69, 9.17) is 4.74 Å². The van der Waals surface area contributed by atoms with Crippen molar-refractivity contribution in [1.29, 1.82) is 0 Å². The first-order valence-corrected chi connectivity index (χ1v) is 6.45. The molecule has 1 aromatic carbocycles. The minimum atomic E-state index is -0.524. The van der Waals surface area contributed by atoms with Gasteiger partial charge in [-0.15, -0.1) is 0 Å². The van der Waals surface area contributed by atoms with Crippen LogP contribution in [0, 0.1) is 0 Å². The minimum Gasteiger partial charge on any atom is -0.455 e. The fraction of sp³-hybridized carbons (Fsp3) is 0.286. The molecular formula is C14H14BrNO2. The van der Waals surface area contributed by atoms with Crippen LogP contribution in [0.4, 0.5) is 0 Å². The molecule has 0 amide bonds. The molecule has 0 aliphatic heterocycles. The molecule has 0 N–H and O–H groups in total. The van der Waals surface area contributed by atoms with Crippen LogP contribution in [0.1, 0.15) is 31.3 Å². The van der Waals surface area contributed by atoms with Crippen molar-refractivity contribution in [3.8, 4) is 0 Å². The molecule has 0 fully saturated rings. The Morgan fingerprint density at radius 2 is 1.94 bits per heavy atom. The van der Waals surface area contributed by atoms with Gasteiger partial charge in [0.15, 0.2) is 5.69 Å². The summed E-state index contributed by atoms with van der Waals surface area (Å²) in [5.41, 5.74) is 0.564. The van der Waals surface area contributed by atoms with E-state index in [0.717, 1.165) is 10.9 Å². The highest BCUT2D eigenvalue weighted by Crippen LogP contribution is 2.23. The van der Waals surface area contributed by atoms with E-state index in [1.807, 2.05) is 51.1 Å². The Morgan fingerprint density at radius 1 is 1.28 bits per heavy atom. The van der Waals surface area contributed by atoms with E-state index in [1.165, 1.54) is 0 Å². The van der Waals surface area contributed by atoms with Crippen molar-refractivity contribution in [2.24, 2.45) is 0 Å². The van der Waals surface area contributed by atoms with Gasteiger partial charge in [-0.05, 0) is 48.8 Å². The number of para-hydroxylation sites is 1. The zero-order valence-electron chi connectivity index (χ0n) is 10.5. The van der Waals surface area contributed by atoms with E-state index in [0.29, 0.717) is 10.2 Å². The minimum absolute atomic E-state index is 0.309.